The Labute approximate surface area is 251 Å². The summed E-state index contributed by atoms with van der Waals surface area (Å²) in [6, 6.07) is 0. The van der Waals surface area contributed by atoms with Crippen LogP contribution < -0.4 is 22.1 Å². The van der Waals surface area contributed by atoms with E-state index in [1.807, 2.05) is 0 Å². The molecule has 0 saturated heterocycles. The van der Waals surface area contributed by atoms with Gasteiger partial charge in [-0.3, -0.25) is 5.32 Å². The summed E-state index contributed by atoms with van der Waals surface area (Å²) in [6.45, 7) is 16.0. The summed E-state index contributed by atoms with van der Waals surface area (Å²) in [4.78, 5) is 12.0. The van der Waals surface area contributed by atoms with E-state index in [0.717, 1.165) is 100 Å². The third-order valence-corrected chi connectivity index (χ3v) is 12.4. The topological polar surface area (TPSA) is 102 Å². The number of hydrogen-bond donors (Lipinski definition) is 4. The molecule has 0 heterocycles. The third-order valence-electron chi connectivity index (χ3n) is 12.4. The molecule has 0 aliphatic heterocycles. The lowest BCUT2D eigenvalue weighted by molar-refractivity contribution is -0.0863. The number of allylic oxidation sites excluding steroid dienone is 1. The second-order valence-corrected chi connectivity index (χ2v) is 15.4. The molecular weight excluding hydrogens is 508 g/mol. The maximum atomic E-state index is 12.0. The zero-order chi connectivity index (χ0) is 29.7. The molecule has 4 aliphatic rings. The van der Waals surface area contributed by atoms with Crippen molar-refractivity contribution >= 4 is 6.09 Å². The fraction of sp³-hybridized carbons (Fsp3) is 0.914. The van der Waals surface area contributed by atoms with Crippen LogP contribution in [0.1, 0.15) is 125 Å². The molecule has 41 heavy (non-hydrogen) atoms. The first-order chi connectivity index (χ1) is 19.5. The van der Waals surface area contributed by atoms with Gasteiger partial charge in [0.05, 0.1) is 0 Å². The minimum atomic E-state index is -0.670. The highest BCUT2D eigenvalue weighted by molar-refractivity contribution is 5.65. The molecular formula is C35H64N4O2. The largest absolute Gasteiger partial charge is 0.428 e. The number of unbranched alkanes of at least 4 members (excludes halogenated alkanes) is 1. The molecule has 0 aromatic carbocycles. The van der Waals surface area contributed by atoms with Crippen LogP contribution in [0.5, 0.6) is 0 Å². The summed E-state index contributed by atoms with van der Waals surface area (Å²) in [5.41, 5.74) is 12.8. The van der Waals surface area contributed by atoms with Crippen molar-refractivity contribution in [2.75, 3.05) is 26.2 Å². The lowest BCUT2D eigenvalue weighted by Gasteiger charge is -2.59. The Balaban J connectivity index is 1.39. The zero-order valence-electron chi connectivity index (χ0n) is 27.2. The molecule has 4 rings (SSSR count). The van der Waals surface area contributed by atoms with Gasteiger partial charge in [0, 0.05) is 12.8 Å². The predicted octanol–water partition coefficient (Wildman–Crippen LogP) is 7.13. The lowest BCUT2D eigenvalue weighted by Crippen LogP contribution is -2.58. The van der Waals surface area contributed by atoms with Crippen molar-refractivity contribution in [3.8, 4) is 0 Å². The smallest absolute Gasteiger partial charge is 0.406 e. The van der Waals surface area contributed by atoms with E-state index in [4.69, 9.17) is 16.2 Å². The molecule has 6 N–H and O–H groups in total. The summed E-state index contributed by atoms with van der Waals surface area (Å²) in [6.07, 6.45) is 18.7. The van der Waals surface area contributed by atoms with Gasteiger partial charge in [0.15, 0.2) is 5.72 Å². The van der Waals surface area contributed by atoms with Crippen molar-refractivity contribution in [1.29, 1.82) is 0 Å². The van der Waals surface area contributed by atoms with Crippen molar-refractivity contribution in [3.05, 3.63) is 11.6 Å². The zero-order valence-corrected chi connectivity index (χ0v) is 27.2. The maximum Gasteiger partial charge on any atom is 0.406 e. The van der Waals surface area contributed by atoms with Crippen molar-refractivity contribution in [2.45, 2.75) is 130 Å². The Morgan fingerprint density at radius 3 is 2.49 bits per heavy atom. The fourth-order valence-electron chi connectivity index (χ4n) is 10.2. The molecule has 4 unspecified atom stereocenters. The normalized spacial score (nSPS) is 37.2. The number of carbonyl (C=O) groups is 1. The summed E-state index contributed by atoms with van der Waals surface area (Å²) in [5, 5.41) is 7.15. The SMILES string of the molecule is CC(C)CCC[C@@H](C)[C@H]1CCC2C3CC=C4CC(NCCCNCCCCN)(OC(N)=O)CC[C@]4(C)C3CC[C@@]21C. The number of primary amides is 1. The van der Waals surface area contributed by atoms with Gasteiger partial charge in [-0.25, -0.2) is 4.79 Å². The van der Waals surface area contributed by atoms with E-state index in [1.54, 1.807) is 0 Å². The fourth-order valence-corrected chi connectivity index (χ4v) is 10.2. The number of carbonyl (C=O) groups excluding carboxylic acids is 1. The molecule has 236 valence electrons. The van der Waals surface area contributed by atoms with E-state index in [9.17, 15) is 4.79 Å². The quantitative estimate of drug-likeness (QED) is 0.0950. The molecule has 3 saturated carbocycles. The van der Waals surface area contributed by atoms with Crippen LogP contribution in [0.3, 0.4) is 0 Å². The summed E-state index contributed by atoms with van der Waals surface area (Å²) in [5.74, 6) is 4.97. The van der Waals surface area contributed by atoms with Gasteiger partial charge < -0.3 is 21.5 Å². The van der Waals surface area contributed by atoms with Gasteiger partial charge in [0.1, 0.15) is 0 Å². The van der Waals surface area contributed by atoms with Crippen LogP contribution >= 0.6 is 0 Å². The van der Waals surface area contributed by atoms with Crippen LogP contribution in [0.4, 0.5) is 4.79 Å². The number of amides is 1. The Bertz CT molecular complexity index is 891. The molecule has 8 atom stereocenters. The van der Waals surface area contributed by atoms with Crippen LogP contribution in [0.15, 0.2) is 11.6 Å². The minimum absolute atomic E-state index is 0.210. The first kappa shape index (κ1) is 32.8. The van der Waals surface area contributed by atoms with Gasteiger partial charge in [-0.05, 0) is 130 Å². The Kier molecular flexibility index (Phi) is 11.3. The van der Waals surface area contributed by atoms with E-state index in [2.05, 4.69) is 51.3 Å². The number of fused-ring (bicyclic) bond motifs is 5. The number of ether oxygens (including phenoxy) is 1. The highest BCUT2D eigenvalue weighted by Crippen LogP contribution is 2.67. The summed E-state index contributed by atoms with van der Waals surface area (Å²) >= 11 is 0. The van der Waals surface area contributed by atoms with Gasteiger partial charge in [-0.2, -0.15) is 0 Å². The molecule has 0 radical (unpaired) electrons. The van der Waals surface area contributed by atoms with Crippen molar-refractivity contribution in [1.82, 2.24) is 10.6 Å². The van der Waals surface area contributed by atoms with Gasteiger partial charge in [-0.1, -0.05) is 65.5 Å². The van der Waals surface area contributed by atoms with Crippen molar-refractivity contribution < 1.29 is 9.53 Å². The monoisotopic (exact) mass is 573 g/mol. The molecule has 4 aliphatic carbocycles. The average molecular weight is 573 g/mol. The van der Waals surface area contributed by atoms with E-state index in [0.29, 0.717) is 5.41 Å². The first-order valence-electron chi connectivity index (χ1n) is 17.4. The first-order valence-corrected chi connectivity index (χ1v) is 17.4. The molecule has 0 bridgehead atoms. The van der Waals surface area contributed by atoms with Crippen molar-refractivity contribution in [3.63, 3.8) is 0 Å². The maximum absolute atomic E-state index is 12.0. The molecule has 6 heteroatoms. The van der Waals surface area contributed by atoms with Crippen molar-refractivity contribution in [2.24, 2.45) is 57.8 Å². The number of rotatable bonds is 15. The molecule has 3 fully saturated rings. The number of nitrogens with one attached hydrogen (secondary N) is 2. The van der Waals surface area contributed by atoms with Crippen LogP contribution in [0.25, 0.3) is 0 Å². The second-order valence-electron chi connectivity index (χ2n) is 15.4. The summed E-state index contributed by atoms with van der Waals surface area (Å²) < 4.78 is 5.89. The Hall–Kier alpha value is -1.11. The standard InChI is InChI=1S/C35H64N4O2/c1-25(2)10-8-11-26(3)29-14-15-30-28-13-12-27-24-35(41-32(37)40,39-23-9-22-38-21-7-6-20-36)19-18-33(27,4)31(28)16-17-34(29,30)5/h12,25-26,28-31,38-39H,6-11,13-24,36H2,1-5H3,(H2,37,40)/t26-,28?,29-,30?,31?,33+,34-,35?/m1/s1. The molecule has 0 spiro atoms. The number of hydrogen-bond acceptors (Lipinski definition) is 5. The average Bonchev–Trinajstić information content (AvgIpc) is 3.27. The molecule has 6 nitrogen and oxygen atoms in total. The van der Waals surface area contributed by atoms with Crippen LogP contribution in [0.2, 0.25) is 0 Å². The van der Waals surface area contributed by atoms with E-state index >= 15 is 0 Å². The van der Waals surface area contributed by atoms with Gasteiger partial charge >= 0.3 is 6.09 Å². The molecule has 1 amide bonds. The minimum Gasteiger partial charge on any atom is -0.428 e. The van der Waals surface area contributed by atoms with Crippen LogP contribution in [0, 0.1) is 46.3 Å². The number of nitrogens with two attached hydrogens (primary N) is 2. The van der Waals surface area contributed by atoms with Gasteiger partial charge in [-0.15, -0.1) is 0 Å². The van der Waals surface area contributed by atoms with Gasteiger partial charge in [0.25, 0.3) is 0 Å². The van der Waals surface area contributed by atoms with E-state index in [1.165, 1.54) is 56.9 Å². The third kappa shape index (κ3) is 7.34. The summed E-state index contributed by atoms with van der Waals surface area (Å²) in [7, 11) is 0. The Morgan fingerprint density at radius 1 is 0.976 bits per heavy atom. The molecule has 0 aromatic rings. The Morgan fingerprint density at radius 2 is 1.76 bits per heavy atom. The highest BCUT2D eigenvalue weighted by atomic mass is 16.6. The van der Waals surface area contributed by atoms with E-state index in [-0.39, 0.29) is 5.41 Å². The van der Waals surface area contributed by atoms with E-state index < -0.39 is 11.8 Å². The van der Waals surface area contributed by atoms with Crippen LogP contribution in [-0.4, -0.2) is 38.0 Å². The predicted molar refractivity (Wildman–Crippen MR) is 170 cm³/mol. The van der Waals surface area contributed by atoms with Gasteiger partial charge in [0.2, 0.25) is 0 Å². The second kappa shape index (κ2) is 14.1. The van der Waals surface area contributed by atoms with Crippen LogP contribution in [-0.2, 0) is 4.74 Å². The lowest BCUT2D eigenvalue weighted by atomic mass is 9.46. The molecule has 0 aromatic heterocycles. The highest BCUT2D eigenvalue weighted by Gasteiger charge is 2.60.